The second-order valence-electron chi connectivity index (χ2n) is 2.47. The van der Waals surface area contributed by atoms with Gasteiger partial charge in [0.05, 0.1) is 5.33 Å². The largest absolute Gasteiger partial charge is 0.440 e. The SMILES string of the molecule is Nc1ccc2oc(CBr)nc2c1. The minimum atomic E-state index is 0.627. The molecular weight excluding hydrogens is 220 g/mol. The smallest absolute Gasteiger partial charge is 0.206 e. The van der Waals surface area contributed by atoms with Crippen LogP contribution in [0.5, 0.6) is 0 Å². The predicted molar refractivity (Wildman–Crippen MR) is 51.1 cm³/mol. The van der Waals surface area contributed by atoms with E-state index in [2.05, 4.69) is 20.9 Å². The van der Waals surface area contributed by atoms with Crippen molar-refractivity contribution >= 4 is 32.7 Å². The Morgan fingerprint density at radius 2 is 2.33 bits per heavy atom. The maximum absolute atomic E-state index is 5.58. The first kappa shape index (κ1) is 7.61. The van der Waals surface area contributed by atoms with Gasteiger partial charge >= 0.3 is 0 Å². The second kappa shape index (κ2) is 2.79. The summed E-state index contributed by atoms with van der Waals surface area (Å²) < 4.78 is 5.36. The van der Waals surface area contributed by atoms with E-state index in [-0.39, 0.29) is 0 Å². The van der Waals surface area contributed by atoms with E-state index in [1.54, 1.807) is 12.1 Å². The van der Waals surface area contributed by atoms with Gasteiger partial charge in [-0.05, 0) is 18.2 Å². The predicted octanol–water partition coefficient (Wildman–Crippen LogP) is 2.30. The van der Waals surface area contributed by atoms with Crippen LogP contribution in [-0.4, -0.2) is 4.98 Å². The van der Waals surface area contributed by atoms with E-state index in [1.807, 2.05) is 6.07 Å². The van der Waals surface area contributed by atoms with Crippen molar-refractivity contribution in [2.24, 2.45) is 0 Å². The second-order valence-corrected chi connectivity index (χ2v) is 3.03. The molecule has 2 rings (SSSR count). The normalized spacial score (nSPS) is 10.8. The lowest BCUT2D eigenvalue weighted by Gasteiger charge is -1.88. The van der Waals surface area contributed by atoms with Crippen LogP contribution in [0.2, 0.25) is 0 Å². The maximum atomic E-state index is 5.58. The minimum absolute atomic E-state index is 0.627. The molecule has 0 radical (unpaired) electrons. The molecule has 0 spiro atoms. The number of alkyl halides is 1. The molecule has 0 aliphatic rings. The lowest BCUT2D eigenvalue weighted by Crippen LogP contribution is -1.82. The number of nitrogens with two attached hydrogens (primary N) is 1. The molecule has 3 nitrogen and oxygen atoms in total. The van der Waals surface area contributed by atoms with Crippen molar-refractivity contribution in [2.45, 2.75) is 5.33 Å². The molecule has 0 amide bonds. The van der Waals surface area contributed by atoms with Gasteiger partial charge in [0.1, 0.15) is 5.52 Å². The average Bonchev–Trinajstić information content (AvgIpc) is 2.46. The van der Waals surface area contributed by atoms with Gasteiger partial charge in [-0.15, -0.1) is 0 Å². The molecule has 0 saturated carbocycles. The van der Waals surface area contributed by atoms with Crippen LogP contribution in [0.15, 0.2) is 22.6 Å². The first-order valence-corrected chi connectivity index (χ1v) is 4.62. The summed E-state index contributed by atoms with van der Waals surface area (Å²) in [5, 5.41) is 0.627. The van der Waals surface area contributed by atoms with Crippen molar-refractivity contribution in [2.75, 3.05) is 5.73 Å². The van der Waals surface area contributed by atoms with Gasteiger partial charge in [-0.3, -0.25) is 0 Å². The van der Waals surface area contributed by atoms with Crippen molar-refractivity contribution in [3.8, 4) is 0 Å². The number of anilines is 1. The van der Waals surface area contributed by atoms with E-state index < -0.39 is 0 Å². The van der Waals surface area contributed by atoms with E-state index >= 15 is 0 Å². The fourth-order valence-electron chi connectivity index (χ4n) is 1.05. The molecule has 2 N–H and O–H groups in total. The van der Waals surface area contributed by atoms with E-state index in [4.69, 9.17) is 10.2 Å². The van der Waals surface area contributed by atoms with Crippen molar-refractivity contribution in [3.05, 3.63) is 24.1 Å². The lowest BCUT2D eigenvalue weighted by molar-refractivity contribution is 0.557. The number of rotatable bonds is 1. The van der Waals surface area contributed by atoms with Crippen LogP contribution >= 0.6 is 15.9 Å². The Labute approximate surface area is 77.7 Å². The third kappa shape index (κ3) is 1.18. The van der Waals surface area contributed by atoms with Gasteiger partial charge in [0.15, 0.2) is 5.58 Å². The molecule has 12 heavy (non-hydrogen) atoms. The number of aromatic nitrogens is 1. The molecule has 0 saturated heterocycles. The van der Waals surface area contributed by atoms with Gasteiger partial charge in [0.2, 0.25) is 5.89 Å². The molecule has 4 heteroatoms. The lowest BCUT2D eigenvalue weighted by atomic mass is 10.3. The summed E-state index contributed by atoms with van der Waals surface area (Å²) in [5.41, 5.74) is 7.87. The molecule has 0 atom stereocenters. The standard InChI is InChI=1S/C8H7BrN2O/c9-4-8-11-6-3-5(10)1-2-7(6)12-8/h1-3H,4,10H2. The quantitative estimate of drug-likeness (QED) is 0.600. The Kier molecular flexibility index (Phi) is 1.77. The van der Waals surface area contributed by atoms with Crippen LogP contribution in [0.1, 0.15) is 5.89 Å². The van der Waals surface area contributed by atoms with Crippen LogP contribution in [-0.2, 0) is 5.33 Å². The van der Waals surface area contributed by atoms with E-state index in [0.717, 1.165) is 11.1 Å². The summed E-state index contributed by atoms with van der Waals surface area (Å²) in [4.78, 5) is 4.20. The number of benzene rings is 1. The monoisotopic (exact) mass is 226 g/mol. The zero-order valence-electron chi connectivity index (χ0n) is 6.25. The zero-order valence-corrected chi connectivity index (χ0v) is 7.84. The van der Waals surface area contributed by atoms with Crippen LogP contribution < -0.4 is 5.73 Å². The maximum Gasteiger partial charge on any atom is 0.206 e. The fourth-order valence-corrected chi connectivity index (χ4v) is 1.29. The Bertz CT molecular complexity index is 410. The number of halogens is 1. The summed E-state index contributed by atoms with van der Waals surface area (Å²) >= 11 is 3.27. The fraction of sp³-hybridized carbons (Fsp3) is 0.125. The first-order chi connectivity index (χ1) is 5.79. The van der Waals surface area contributed by atoms with E-state index in [0.29, 0.717) is 16.9 Å². The number of fused-ring (bicyclic) bond motifs is 1. The van der Waals surface area contributed by atoms with Crippen LogP contribution in [0.25, 0.3) is 11.1 Å². The summed E-state index contributed by atoms with van der Waals surface area (Å²) in [5.74, 6) is 0.676. The Morgan fingerprint density at radius 3 is 3.08 bits per heavy atom. The van der Waals surface area contributed by atoms with Crippen molar-refractivity contribution < 1.29 is 4.42 Å². The molecule has 0 aliphatic carbocycles. The third-order valence-corrected chi connectivity index (χ3v) is 2.05. The summed E-state index contributed by atoms with van der Waals surface area (Å²) in [6, 6.07) is 5.42. The molecule has 1 heterocycles. The van der Waals surface area contributed by atoms with E-state index in [9.17, 15) is 0 Å². The highest BCUT2D eigenvalue weighted by molar-refractivity contribution is 9.08. The summed E-state index contributed by atoms with van der Waals surface area (Å²) in [7, 11) is 0. The van der Waals surface area contributed by atoms with Crippen molar-refractivity contribution in [1.29, 1.82) is 0 Å². The van der Waals surface area contributed by atoms with Gasteiger partial charge in [0.25, 0.3) is 0 Å². The number of oxazole rings is 1. The highest BCUT2D eigenvalue weighted by atomic mass is 79.9. The highest BCUT2D eigenvalue weighted by Gasteiger charge is 2.03. The molecule has 62 valence electrons. The molecule has 1 aromatic carbocycles. The molecule has 0 aliphatic heterocycles. The molecular formula is C8H7BrN2O. The summed E-state index contributed by atoms with van der Waals surface area (Å²) in [6.45, 7) is 0. The van der Waals surface area contributed by atoms with Gasteiger partial charge in [-0.2, -0.15) is 0 Å². The molecule has 2 aromatic rings. The first-order valence-electron chi connectivity index (χ1n) is 3.50. The summed E-state index contributed by atoms with van der Waals surface area (Å²) in [6.07, 6.45) is 0. The van der Waals surface area contributed by atoms with Gasteiger partial charge in [0, 0.05) is 5.69 Å². The van der Waals surface area contributed by atoms with Gasteiger partial charge < -0.3 is 10.2 Å². The number of hydrogen-bond acceptors (Lipinski definition) is 3. The topological polar surface area (TPSA) is 52.0 Å². The minimum Gasteiger partial charge on any atom is -0.440 e. The molecule has 1 aromatic heterocycles. The van der Waals surface area contributed by atoms with Crippen LogP contribution in [0, 0.1) is 0 Å². The number of nitrogens with zero attached hydrogens (tertiary/aromatic N) is 1. The Balaban J connectivity index is 2.67. The molecule has 0 unspecified atom stereocenters. The number of hydrogen-bond donors (Lipinski definition) is 1. The Hall–Kier alpha value is -1.03. The van der Waals surface area contributed by atoms with Crippen molar-refractivity contribution in [3.63, 3.8) is 0 Å². The Morgan fingerprint density at radius 1 is 1.50 bits per heavy atom. The highest BCUT2D eigenvalue weighted by Crippen LogP contribution is 2.19. The average molecular weight is 227 g/mol. The van der Waals surface area contributed by atoms with Gasteiger partial charge in [-0.1, -0.05) is 15.9 Å². The van der Waals surface area contributed by atoms with Gasteiger partial charge in [-0.25, -0.2) is 4.98 Å². The molecule has 0 fully saturated rings. The van der Waals surface area contributed by atoms with Crippen molar-refractivity contribution in [1.82, 2.24) is 4.98 Å². The number of nitrogen functional groups attached to an aromatic ring is 1. The van der Waals surface area contributed by atoms with Crippen LogP contribution in [0.3, 0.4) is 0 Å². The molecule has 0 bridgehead atoms. The zero-order chi connectivity index (χ0) is 8.55. The third-order valence-electron chi connectivity index (χ3n) is 1.57. The van der Waals surface area contributed by atoms with E-state index in [1.165, 1.54) is 0 Å². The van der Waals surface area contributed by atoms with Crippen LogP contribution in [0.4, 0.5) is 5.69 Å².